The Labute approximate surface area is 112 Å². The van der Waals surface area contributed by atoms with Gasteiger partial charge >= 0.3 is 0 Å². The number of carbonyl (C=O) groups excluding carboxylic acids is 1. The topological polar surface area (TPSA) is 55.1 Å². The molecule has 0 unspecified atom stereocenters. The molecule has 1 aromatic rings. The van der Waals surface area contributed by atoms with Gasteiger partial charge in [-0.25, -0.2) is 0 Å². The predicted octanol–water partition coefficient (Wildman–Crippen LogP) is 2.10. The van der Waals surface area contributed by atoms with Crippen LogP contribution >= 0.6 is 23.7 Å². The van der Waals surface area contributed by atoms with Crippen molar-refractivity contribution in [2.75, 3.05) is 6.54 Å². The standard InChI is InChI=1S/C12H18N2OS.ClH/c13-12(6-1-2-7-12)11(15)14-8-5-10-4-3-9-16-10;/h3-4,9H,1-2,5-8,13H2,(H,14,15);1H. The summed E-state index contributed by atoms with van der Waals surface area (Å²) in [5.74, 6) is 0.0292. The van der Waals surface area contributed by atoms with Gasteiger partial charge in [-0.2, -0.15) is 0 Å². The molecule has 1 saturated carbocycles. The van der Waals surface area contributed by atoms with Crippen LogP contribution in [0.5, 0.6) is 0 Å². The van der Waals surface area contributed by atoms with Crippen LogP contribution in [-0.2, 0) is 11.2 Å². The van der Waals surface area contributed by atoms with Crippen molar-refractivity contribution >= 4 is 29.7 Å². The molecule has 17 heavy (non-hydrogen) atoms. The van der Waals surface area contributed by atoms with Crippen molar-refractivity contribution in [3.63, 3.8) is 0 Å². The lowest BCUT2D eigenvalue weighted by atomic mass is 9.98. The van der Waals surface area contributed by atoms with Crippen LogP contribution in [0.3, 0.4) is 0 Å². The summed E-state index contributed by atoms with van der Waals surface area (Å²) in [4.78, 5) is 13.2. The van der Waals surface area contributed by atoms with Gasteiger partial charge in [-0.15, -0.1) is 23.7 Å². The van der Waals surface area contributed by atoms with Crippen molar-refractivity contribution in [3.8, 4) is 0 Å². The van der Waals surface area contributed by atoms with E-state index in [-0.39, 0.29) is 18.3 Å². The summed E-state index contributed by atoms with van der Waals surface area (Å²) < 4.78 is 0. The van der Waals surface area contributed by atoms with E-state index in [4.69, 9.17) is 5.73 Å². The van der Waals surface area contributed by atoms with E-state index < -0.39 is 5.54 Å². The van der Waals surface area contributed by atoms with Crippen LogP contribution < -0.4 is 11.1 Å². The monoisotopic (exact) mass is 274 g/mol. The second kappa shape index (κ2) is 6.38. The Hall–Kier alpha value is -0.580. The SMILES string of the molecule is Cl.NC1(C(=O)NCCc2cccs2)CCCC1. The lowest BCUT2D eigenvalue weighted by molar-refractivity contribution is -0.126. The zero-order chi connectivity index (χ0) is 11.4. The lowest BCUT2D eigenvalue weighted by Crippen LogP contribution is -2.52. The molecule has 0 aliphatic heterocycles. The summed E-state index contributed by atoms with van der Waals surface area (Å²) in [6.45, 7) is 0.693. The fourth-order valence-electron chi connectivity index (χ4n) is 2.16. The molecule has 0 saturated heterocycles. The zero-order valence-electron chi connectivity index (χ0n) is 9.78. The highest BCUT2D eigenvalue weighted by Crippen LogP contribution is 2.27. The average molecular weight is 275 g/mol. The minimum absolute atomic E-state index is 0. The first-order valence-electron chi connectivity index (χ1n) is 5.80. The molecule has 0 atom stereocenters. The molecule has 1 fully saturated rings. The van der Waals surface area contributed by atoms with E-state index in [0.29, 0.717) is 6.54 Å². The van der Waals surface area contributed by atoms with Crippen molar-refractivity contribution in [1.29, 1.82) is 0 Å². The van der Waals surface area contributed by atoms with Gasteiger partial charge in [-0.05, 0) is 30.7 Å². The van der Waals surface area contributed by atoms with Gasteiger partial charge in [0.25, 0.3) is 0 Å². The molecule has 1 aliphatic rings. The molecule has 1 amide bonds. The zero-order valence-corrected chi connectivity index (χ0v) is 11.4. The Morgan fingerprint density at radius 2 is 2.18 bits per heavy atom. The summed E-state index contributed by atoms with van der Waals surface area (Å²) in [6.07, 6.45) is 4.72. The number of nitrogens with one attached hydrogen (secondary N) is 1. The second-order valence-corrected chi connectivity index (χ2v) is 5.48. The van der Waals surface area contributed by atoms with Crippen LogP contribution in [0.25, 0.3) is 0 Å². The van der Waals surface area contributed by atoms with Crippen LogP contribution in [0.1, 0.15) is 30.6 Å². The van der Waals surface area contributed by atoms with E-state index in [0.717, 1.165) is 32.1 Å². The van der Waals surface area contributed by atoms with Gasteiger partial charge in [-0.1, -0.05) is 18.9 Å². The Morgan fingerprint density at radius 3 is 2.76 bits per heavy atom. The highest BCUT2D eigenvalue weighted by molar-refractivity contribution is 7.09. The maximum Gasteiger partial charge on any atom is 0.240 e. The third-order valence-corrected chi connectivity index (χ3v) is 4.12. The molecular formula is C12H19ClN2OS. The summed E-state index contributed by atoms with van der Waals surface area (Å²) in [5, 5.41) is 5.00. The minimum Gasteiger partial charge on any atom is -0.354 e. The first kappa shape index (κ1) is 14.5. The maximum absolute atomic E-state index is 11.9. The van der Waals surface area contributed by atoms with Crippen LogP contribution in [0.15, 0.2) is 17.5 Å². The number of halogens is 1. The molecule has 96 valence electrons. The highest BCUT2D eigenvalue weighted by Gasteiger charge is 2.36. The summed E-state index contributed by atoms with van der Waals surface area (Å²) in [7, 11) is 0. The molecule has 2 rings (SSSR count). The molecule has 1 aromatic heterocycles. The van der Waals surface area contributed by atoms with Crippen LogP contribution in [0.2, 0.25) is 0 Å². The fourth-order valence-corrected chi connectivity index (χ4v) is 2.87. The Bertz CT molecular complexity index is 347. The van der Waals surface area contributed by atoms with Gasteiger partial charge in [0.15, 0.2) is 0 Å². The van der Waals surface area contributed by atoms with Gasteiger partial charge in [0.05, 0.1) is 5.54 Å². The molecule has 3 nitrogen and oxygen atoms in total. The predicted molar refractivity (Wildman–Crippen MR) is 73.7 cm³/mol. The Balaban J connectivity index is 0.00000144. The molecular weight excluding hydrogens is 256 g/mol. The van der Waals surface area contributed by atoms with Gasteiger partial charge in [-0.3, -0.25) is 4.79 Å². The summed E-state index contributed by atoms with van der Waals surface area (Å²) >= 11 is 1.72. The fraction of sp³-hybridized carbons (Fsp3) is 0.583. The van der Waals surface area contributed by atoms with E-state index in [1.165, 1.54) is 4.88 Å². The molecule has 0 spiro atoms. The summed E-state index contributed by atoms with van der Waals surface area (Å²) in [5.41, 5.74) is 5.46. The van der Waals surface area contributed by atoms with Crippen molar-refractivity contribution < 1.29 is 4.79 Å². The van der Waals surface area contributed by atoms with Gasteiger partial charge in [0, 0.05) is 11.4 Å². The normalized spacial score (nSPS) is 17.5. The largest absolute Gasteiger partial charge is 0.354 e. The van der Waals surface area contributed by atoms with E-state index in [2.05, 4.69) is 16.8 Å². The lowest BCUT2D eigenvalue weighted by Gasteiger charge is -2.22. The molecule has 5 heteroatoms. The Morgan fingerprint density at radius 1 is 1.47 bits per heavy atom. The number of rotatable bonds is 4. The molecule has 1 aliphatic carbocycles. The molecule has 0 aromatic carbocycles. The third-order valence-electron chi connectivity index (χ3n) is 3.19. The molecule has 0 bridgehead atoms. The number of thiophene rings is 1. The number of hydrogen-bond acceptors (Lipinski definition) is 3. The van der Waals surface area contributed by atoms with Crippen molar-refractivity contribution in [1.82, 2.24) is 5.32 Å². The van der Waals surface area contributed by atoms with Crippen LogP contribution in [-0.4, -0.2) is 18.0 Å². The summed E-state index contributed by atoms with van der Waals surface area (Å²) in [6, 6.07) is 4.12. The highest BCUT2D eigenvalue weighted by atomic mass is 35.5. The van der Waals surface area contributed by atoms with Crippen LogP contribution in [0.4, 0.5) is 0 Å². The number of hydrogen-bond donors (Lipinski definition) is 2. The minimum atomic E-state index is -0.588. The van der Waals surface area contributed by atoms with Crippen molar-refractivity contribution in [3.05, 3.63) is 22.4 Å². The van der Waals surface area contributed by atoms with Gasteiger partial charge in [0.2, 0.25) is 5.91 Å². The smallest absolute Gasteiger partial charge is 0.240 e. The maximum atomic E-state index is 11.9. The van der Waals surface area contributed by atoms with E-state index >= 15 is 0 Å². The van der Waals surface area contributed by atoms with Crippen molar-refractivity contribution in [2.45, 2.75) is 37.6 Å². The molecule has 3 N–H and O–H groups in total. The number of amides is 1. The van der Waals surface area contributed by atoms with Gasteiger partial charge < -0.3 is 11.1 Å². The van der Waals surface area contributed by atoms with E-state index in [9.17, 15) is 4.79 Å². The first-order valence-corrected chi connectivity index (χ1v) is 6.68. The molecule has 1 heterocycles. The quantitative estimate of drug-likeness (QED) is 0.883. The number of carbonyl (C=O) groups is 1. The van der Waals surface area contributed by atoms with Gasteiger partial charge in [0.1, 0.15) is 0 Å². The Kier molecular flexibility index (Phi) is 5.43. The molecule has 0 radical (unpaired) electrons. The van der Waals surface area contributed by atoms with E-state index in [1.54, 1.807) is 11.3 Å². The third kappa shape index (κ3) is 3.69. The second-order valence-electron chi connectivity index (χ2n) is 4.45. The first-order chi connectivity index (χ1) is 7.71. The van der Waals surface area contributed by atoms with E-state index in [1.807, 2.05) is 6.07 Å². The van der Waals surface area contributed by atoms with Crippen LogP contribution in [0, 0.1) is 0 Å². The average Bonchev–Trinajstić information content (AvgIpc) is 2.90. The number of nitrogens with two attached hydrogens (primary N) is 1. The van der Waals surface area contributed by atoms with Crippen molar-refractivity contribution in [2.24, 2.45) is 5.73 Å².